The molecule has 3 aromatic carbocycles. The second kappa shape index (κ2) is 13.0. The van der Waals surface area contributed by atoms with Crippen molar-refractivity contribution in [3.8, 4) is 17.2 Å². The van der Waals surface area contributed by atoms with E-state index in [1.807, 2.05) is 19.9 Å². The number of aromatic carboxylic acids is 1. The molecule has 160 valence electrons. The largest absolute Gasteiger partial charge is 0.478 e. The molecule has 1 saturated heterocycles. The number of hydrogen-bond donors (Lipinski definition) is 2. The predicted molar refractivity (Wildman–Crippen MR) is 126 cm³/mol. The van der Waals surface area contributed by atoms with Crippen molar-refractivity contribution < 1.29 is 9.90 Å². The summed E-state index contributed by atoms with van der Waals surface area (Å²) < 4.78 is 0. The third-order valence-electron chi connectivity index (χ3n) is 5.07. The van der Waals surface area contributed by atoms with E-state index >= 15 is 0 Å². The van der Waals surface area contributed by atoms with Crippen LogP contribution in [0.2, 0.25) is 0 Å². The molecule has 31 heavy (non-hydrogen) atoms. The van der Waals surface area contributed by atoms with Crippen LogP contribution in [0.25, 0.3) is 11.1 Å². The van der Waals surface area contributed by atoms with E-state index in [1.54, 1.807) is 42.5 Å². The number of hydrogen-bond acceptors (Lipinski definition) is 3. The molecule has 0 spiro atoms. The number of nitrogens with zero attached hydrogens (tertiary/aromatic N) is 1. The first-order valence-electron chi connectivity index (χ1n) is 10.8. The summed E-state index contributed by atoms with van der Waals surface area (Å²) in [5.74, 6) is -0.144. The van der Waals surface area contributed by atoms with Gasteiger partial charge in [-0.15, -0.1) is 0 Å². The summed E-state index contributed by atoms with van der Waals surface area (Å²) in [5.41, 5.74) is 4.15. The van der Waals surface area contributed by atoms with Crippen molar-refractivity contribution in [3.05, 3.63) is 95.6 Å². The van der Waals surface area contributed by atoms with Crippen molar-refractivity contribution in [2.75, 3.05) is 13.1 Å². The summed E-state index contributed by atoms with van der Waals surface area (Å²) in [6.45, 7) is 6.36. The maximum Gasteiger partial charge on any atom is 0.335 e. The Morgan fingerprint density at radius 3 is 2.13 bits per heavy atom. The smallest absolute Gasteiger partial charge is 0.335 e. The van der Waals surface area contributed by atoms with Crippen LogP contribution in [0.3, 0.4) is 0 Å². The quantitative estimate of drug-likeness (QED) is 0.543. The van der Waals surface area contributed by atoms with Crippen LogP contribution in [0.4, 0.5) is 0 Å². The van der Waals surface area contributed by atoms with Crippen LogP contribution >= 0.6 is 0 Å². The van der Waals surface area contributed by atoms with Gasteiger partial charge in [-0.1, -0.05) is 68.4 Å². The van der Waals surface area contributed by atoms with E-state index in [1.165, 1.54) is 31.5 Å². The van der Waals surface area contributed by atoms with Crippen LogP contribution < -0.4 is 5.32 Å². The molecule has 0 radical (unpaired) electrons. The van der Waals surface area contributed by atoms with Crippen molar-refractivity contribution >= 4 is 5.97 Å². The van der Waals surface area contributed by atoms with Gasteiger partial charge in [0.05, 0.1) is 17.2 Å². The number of carboxylic acid groups (broad SMARTS) is 1. The molecule has 0 bridgehead atoms. The Labute approximate surface area is 185 Å². The monoisotopic (exact) mass is 414 g/mol. The summed E-state index contributed by atoms with van der Waals surface area (Å²) in [4.78, 5) is 10.7. The lowest BCUT2D eigenvalue weighted by Crippen LogP contribution is -2.26. The van der Waals surface area contributed by atoms with Crippen molar-refractivity contribution in [1.82, 2.24) is 5.32 Å². The van der Waals surface area contributed by atoms with Gasteiger partial charge < -0.3 is 10.4 Å². The van der Waals surface area contributed by atoms with Gasteiger partial charge in [-0.25, -0.2) is 4.79 Å². The molecule has 0 saturated carbocycles. The SMILES string of the molecule is CC.N#Cc1cccc(-c2ccc(C(=O)O)cc2)c1.c1ccc(C2CCNCC2)cc1. The van der Waals surface area contributed by atoms with E-state index in [9.17, 15) is 4.79 Å². The van der Waals surface area contributed by atoms with Gasteiger partial charge in [-0.05, 0) is 72.8 Å². The van der Waals surface area contributed by atoms with Crippen LogP contribution in [-0.4, -0.2) is 24.2 Å². The summed E-state index contributed by atoms with van der Waals surface area (Å²) in [6.07, 6.45) is 2.59. The van der Waals surface area contributed by atoms with Crippen molar-refractivity contribution in [2.24, 2.45) is 0 Å². The van der Waals surface area contributed by atoms with Crippen LogP contribution in [-0.2, 0) is 0 Å². The number of rotatable bonds is 3. The standard InChI is InChI=1S/C14H9NO2.C11H15N.C2H6/c15-9-10-2-1-3-13(8-10)11-4-6-12(7-5-11)14(16)17;1-2-4-10(5-3-1)11-6-8-12-9-7-11;1-2/h1-8H,(H,16,17);1-5,11-12H,6-9H2;1-2H3. The predicted octanol–water partition coefficient (Wildman–Crippen LogP) is 6.10. The molecule has 0 aromatic heterocycles. The first-order chi connectivity index (χ1) is 15.2. The van der Waals surface area contributed by atoms with E-state index in [4.69, 9.17) is 10.4 Å². The molecule has 2 N–H and O–H groups in total. The highest BCUT2D eigenvalue weighted by molar-refractivity contribution is 5.88. The van der Waals surface area contributed by atoms with E-state index in [0.29, 0.717) is 5.56 Å². The van der Waals surface area contributed by atoms with Crippen molar-refractivity contribution in [2.45, 2.75) is 32.6 Å². The Bertz CT molecular complexity index is 970. The second-order valence-corrected chi connectivity index (χ2v) is 7.01. The number of carbonyl (C=O) groups is 1. The molecule has 1 aliphatic rings. The van der Waals surface area contributed by atoms with Crippen molar-refractivity contribution in [1.29, 1.82) is 5.26 Å². The van der Waals surface area contributed by atoms with Gasteiger partial charge >= 0.3 is 5.97 Å². The Kier molecular flexibility index (Phi) is 10.0. The van der Waals surface area contributed by atoms with Crippen molar-refractivity contribution in [3.63, 3.8) is 0 Å². The molecule has 3 aromatic rings. The molecule has 4 heteroatoms. The summed E-state index contributed by atoms with van der Waals surface area (Å²) in [5, 5.41) is 21.0. The lowest BCUT2D eigenvalue weighted by molar-refractivity contribution is 0.0697. The minimum absolute atomic E-state index is 0.255. The molecular weight excluding hydrogens is 384 g/mol. The molecular formula is C27H30N2O2. The van der Waals surface area contributed by atoms with E-state index in [0.717, 1.165) is 17.0 Å². The van der Waals surface area contributed by atoms with Gasteiger partial charge in [0.1, 0.15) is 0 Å². The molecule has 0 amide bonds. The van der Waals surface area contributed by atoms with Gasteiger partial charge in [-0.3, -0.25) is 0 Å². The first kappa shape index (κ1) is 23.9. The second-order valence-electron chi connectivity index (χ2n) is 7.01. The average Bonchev–Trinajstić information content (AvgIpc) is 2.87. The van der Waals surface area contributed by atoms with E-state index in [2.05, 4.69) is 41.7 Å². The molecule has 1 fully saturated rings. The van der Waals surface area contributed by atoms with Crippen LogP contribution in [0.15, 0.2) is 78.9 Å². The highest BCUT2D eigenvalue weighted by atomic mass is 16.4. The number of benzene rings is 3. The topological polar surface area (TPSA) is 73.1 Å². The molecule has 1 heterocycles. The zero-order chi connectivity index (χ0) is 22.5. The summed E-state index contributed by atoms with van der Waals surface area (Å²) >= 11 is 0. The Balaban J connectivity index is 0.000000214. The van der Waals surface area contributed by atoms with Gasteiger partial charge in [0.2, 0.25) is 0 Å². The number of nitriles is 1. The first-order valence-corrected chi connectivity index (χ1v) is 10.8. The number of nitrogens with one attached hydrogen (secondary N) is 1. The minimum atomic E-state index is -0.942. The summed E-state index contributed by atoms with van der Waals surface area (Å²) in [6, 6.07) is 26.7. The van der Waals surface area contributed by atoms with Gasteiger partial charge in [0.25, 0.3) is 0 Å². The summed E-state index contributed by atoms with van der Waals surface area (Å²) in [7, 11) is 0. The Morgan fingerprint density at radius 2 is 1.55 bits per heavy atom. The molecule has 4 rings (SSSR count). The fourth-order valence-corrected chi connectivity index (χ4v) is 3.45. The third-order valence-corrected chi connectivity index (χ3v) is 5.07. The average molecular weight is 415 g/mol. The van der Waals surface area contributed by atoms with Crippen LogP contribution in [0.5, 0.6) is 0 Å². The zero-order valence-corrected chi connectivity index (χ0v) is 18.2. The van der Waals surface area contributed by atoms with Crippen LogP contribution in [0.1, 0.15) is 54.1 Å². The van der Waals surface area contributed by atoms with Gasteiger partial charge in [0.15, 0.2) is 0 Å². The molecule has 4 nitrogen and oxygen atoms in total. The lowest BCUT2D eigenvalue weighted by Gasteiger charge is -2.22. The zero-order valence-electron chi connectivity index (χ0n) is 18.2. The fraction of sp³-hybridized carbons (Fsp3) is 0.259. The minimum Gasteiger partial charge on any atom is -0.478 e. The maximum atomic E-state index is 10.7. The Morgan fingerprint density at radius 1 is 0.903 bits per heavy atom. The Hall–Kier alpha value is -3.42. The lowest BCUT2D eigenvalue weighted by atomic mass is 9.90. The normalized spacial score (nSPS) is 12.9. The highest BCUT2D eigenvalue weighted by Gasteiger charge is 2.13. The molecule has 1 aliphatic heterocycles. The van der Waals surface area contributed by atoms with Gasteiger partial charge in [0, 0.05) is 0 Å². The molecule has 0 unspecified atom stereocenters. The van der Waals surface area contributed by atoms with E-state index in [-0.39, 0.29) is 5.56 Å². The van der Waals surface area contributed by atoms with E-state index < -0.39 is 5.97 Å². The maximum absolute atomic E-state index is 10.7. The molecule has 0 aliphatic carbocycles. The fourth-order valence-electron chi connectivity index (χ4n) is 3.45. The highest BCUT2D eigenvalue weighted by Crippen LogP contribution is 2.24. The number of piperidine rings is 1. The van der Waals surface area contributed by atoms with Gasteiger partial charge in [-0.2, -0.15) is 5.26 Å². The number of carboxylic acids is 1. The van der Waals surface area contributed by atoms with Crippen LogP contribution in [0, 0.1) is 11.3 Å². The third kappa shape index (κ3) is 7.40. The molecule has 0 atom stereocenters.